The van der Waals surface area contributed by atoms with E-state index in [1.165, 1.54) is 35.8 Å². The van der Waals surface area contributed by atoms with E-state index in [2.05, 4.69) is 10.5 Å². The van der Waals surface area contributed by atoms with Crippen LogP contribution in [0.1, 0.15) is 5.56 Å². The van der Waals surface area contributed by atoms with Gasteiger partial charge in [-0.05, 0) is 35.9 Å². The van der Waals surface area contributed by atoms with Crippen molar-refractivity contribution in [2.45, 2.75) is 4.90 Å². The fraction of sp³-hybridized carbons (Fsp3) is 0.278. The number of hydrazone groups is 1. The number of hydrogen-bond acceptors (Lipinski definition) is 9. The lowest BCUT2D eigenvalue weighted by molar-refractivity contribution is -0.384. The van der Waals surface area contributed by atoms with Crippen LogP contribution in [0, 0.1) is 10.1 Å². The molecular formula is C18H20N4O7S. The molecule has 0 unspecified atom stereocenters. The number of phenolic OH excluding ortho intramolecular Hbond substituents is 1. The molecule has 0 saturated carbocycles. The Hall–Kier alpha value is -3.22. The summed E-state index contributed by atoms with van der Waals surface area (Å²) in [6.07, 6.45) is 1.35. The van der Waals surface area contributed by atoms with Crippen LogP contribution >= 0.6 is 0 Å². The third kappa shape index (κ3) is 4.67. The second-order valence-electron chi connectivity index (χ2n) is 6.25. The Bertz CT molecular complexity index is 1070. The number of methoxy groups -OCH3 is 1. The van der Waals surface area contributed by atoms with Crippen LogP contribution in [0.4, 0.5) is 11.4 Å². The van der Waals surface area contributed by atoms with Crippen LogP contribution in [-0.2, 0) is 14.8 Å². The summed E-state index contributed by atoms with van der Waals surface area (Å²) in [5, 5.41) is 25.2. The lowest BCUT2D eigenvalue weighted by Gasteiger charge is -2.26. The molecule has 11 nitrogen and oxygen atoms in total. The molecule has 12 heteroatoms. The molecule has 0 aromatic heterocycles. The number of nitro groups is 1. The van der Waals surface area contributed by atoms with Crippen molar-refractivity contribution in [1.29, 1.82) is 0 Å². The number of phenols is 1. The largest absolute Gasteiger partial charge is 0.504 e. The summed E-state index contributed by atoms with van der Waals surface area (Å²) in [4.78, 5) is 10.6. The van der Waals surface area contributed by atoms with Gasteiger partial charge in [0, 0.05) is 19.2 Å². The molecule has 2 aromatic carbocycles. The summed E-state index contributed by atoms with van der Waals surface area (Å²) >= 11 is 0. The maximum Gasteiger partial charge on any atom is 0.295 e. The van der Waals surface area contributed by atoms with Crippen LogP contribution < -0.4 is 10.2 Å². The minimum atomic E-state index is -3.87. The number of ether oxygens (including phenoxy) is 2. The summed E-state index contributed by atoms with van der Waals surface area (Å²) in [7, 11) is -2.44. The van der Waals surface area contributed by atoms with Gasteiger partial charge in [0.1, 0.15) is 5.69 Å². The quantitative estimate of drug-likeness (QED) is 0.380. The van der Waals surface area contributed by atoms with E-state index < -0.39 is 20.6 Å². The van der Waals surface area contributed by atoms with E-state index in [1.807, 2.05) is 0 Å². The van der Waals surface area contributed by atoms with Crippen LogP contribution in [-0.4, -0.2) is 62.4 Å². The van der Waals surface area contributed by atoms with Gasteiger partial charge in [-0.2, -0.15) is 9.41 Å². The molecule has 0 bridgehead atoms. The molecule has 3 rings (SSSR count). The number of benzene rings is 2. The zero-order valence-electron chi connectivity index (χ0n) is 16.0. The van der Waals surface area contributed by atoms with E-state index >= 15 is 0 Å². The third-order valence-corrected chi connectivity index (χ3v) is 6.27. The Balaban J connectivity index is 1.82. The molecule has 0 amide bonds. The first kappa shape index (κ1) is 21.5. The molecule has 0 spiro atoms. The highest BCUT2D eigenvalue weighted by Crippen LogP contribution is 2.29. The van der Waals surface area contributed by atoms with Gasteiger partial charge < -0.3 is 14.6 Å². The van der Waals surface area contributed by atoms with Crippen molar-refractivity contribution < 1.29 is 27.9 Å². The Kier molecular flexibility index (Phi) is 6.50. The lowest BCUT2D eigenvalue weighted by Crippen LogP contribution is -2.40. The molecular weight excluding hydrogens is 416 g/mol. The molecule has 30 heavy (non-hydrogen) atoms. The number of nitrogens with one attached hydrogen (secondary N) is 1. The molecule has 160 valence electrons. The number of aromatic hydroxyl groups is 1. The van der Waals surface area contributed by atoms with Gasteiger partial charge in [-0.3, -0.25) is 15.5 Å². The van der Waals surface area contributed by atoms with Crippen LogP contribution in [0.2, 0.25) is 0 Å². The van der Waals surface area contributed by atoms with E-state index in [0.29, 0.717) is 11.3 Å². The number of anilines is 1. The molecule has 0 radical (unpaired) electrons. The highest BCUT2D eigenvalue weighted by atomic mass is 32.2. The number of nitrogens with zero attached hydrogens (tertiary/aromatic N) is 3. The van der Waals surface area contributed by atoms with Crippen molar-refractivity contribution in [1.82, 2.24) is 4.31 Å². The third-order valence-electron chi connectivity index (χ3n) is 4.38. The zero-order valence-corrected chi connectivity index (χ0v) is 16.8. The molecule has 1 heterocycles. The van der Waals surface area contributed by atoms with Crippen LogP contribution in [0.5, 0.6) is 11.5 Å². The van der Waals surface area contributed by atoms with E-state index in [1.54, 1.807) is 12.1 Å². The molecule has 1 fully saturated rings. The normalized spacial score (nSPS) is 15.2. The van der Waals surface area contributed by atoms with Crippen molar-refractivity contribution in [2.24, 2.45) is 5.10 Å². The SMILES string of the molecule is COc1ccc(/C=N\Nc2ccc(S(=O)(=O)N3CCOCC3)cc2[N+](=O)[O-])cc1O. The van der Waals surface area contributed by atoms with Crippen molar-refractivity contribution in [3.05, 3.63) is 52.1 Å². The van der Waals surface area contributed by atoms with E-state index in [-0.39, 0.29) is 42.6 Å². The summed E-state index contributed by atoms with van der Waals surface area (Å²) in [6, 6.07) is 8.17. The van der Waals surface area contributed by atoms with Crippen molar-refractivity contribution in [3.8, 4) is 11.5 Å². The van der Waals surface area contributed by atoms with E-state index in [4.69, 9.17) is 9.47 Å². The first-order chi connectivity index (χ1) is 14.3. The Morgan fingerprint density at radius 3 is 2.63 bits per heavy atom. The van der Waals surface area contributed by atoms with Crippen LogP contribution in [0.3, 0.4) is 0 Å². The maximum atomic E-state index is 12.7. The number of hydrogen-bond donors (Lipinski definition) is 2. The standard InChI is InChI=1S/C18H20N4O7S/c1-28-18-5-2-13(10-17(18)23)12-19-20-15-4-3-14(11-16(15)22(24)25)30(26,27)21-6-8-29-9-7-21/h2-5,10-12,20,23H,6-9H2,1H3/b19-12-. The Morgan fingerprint density at radius 1 is 1.27 bits per heavy atom. The predicted molar refractivity (Wildman–Crippen MR) is 109 cm³/mol. The smallest absolute Gasteiger partial charge is 0.295 e. The topological polar surface area (TPSA) is 144 Å². The van der Waals surface area contributed by atoms with Gasteiger partial charge in [0.15, 0.2) is 11.5 Å². The van der Waals surface area contributed by atoms with Gasteiger partial charge in [0.25, 0.3) is 5.69 Å². The monoisotopic (exact) mass is 436 g/mol. The molecule has 0 atom stereocenters. The van der Waals surface area contributed by atoms with Crippen molar-refractivity contribution in [2.75, 3.05) is 38.8 Å². The fourth-order valence-electron chi connectivity index (χ4n) is 2.82. The van der Waals surface area contributed by atoms with Crippen LogP contribution in [0.25, 0.3) is 0 Å². The van der Waals surface area contributed by atoms with Gasteiger partial charge >= 0.3 is 0 Å². The minimum absolute atomic E-state index is 0.0231. The van der Waals surface area contributed by atoms with E-state index in [0.717, 1.165) is 6.07 Å². The average molecular weight is 436 g/mol. The van der Waals surface area contributed by atoms with Gasteiger partial charge in [-0.1, -0.05) is 0 Å². The van der Waals surface area contributed by atoms with Gasteiger partial charge in [0.05, 0.1) is 36.4 Å². The fourth-order valence-corrected chi connectivity index (χ4v) is 4.25. The number of sulfonamides is 1. The molecule has 0 aliphatic carbocycles. The summed E-state index contributed by atoms with van der Waals surface area (Å²) < 4.78 is 36.8. The Morgan fingerprint density at radius 2 is 2.00 bits per heavy atom. The first-order valence-electron chi connectivity index (χ1n) is 8.85. The van der Waals surface area contributed by atoms with E-state index in [9.17, 15) is 23.6 Å². The molecule has 2 aromatic rings. The number of nitro benzene ring substituents is 1. The van der Waals surface area contributed by atoms with Gasteiger partial charge in [0.2, 0.25) is 10.0 Å². The second-order valence-corrected chi connectivity index (χ2v) is 8.19. The zero-order chi connectivity index (χ0) is 21.7. The summed E-state index contributed by atoms with van der Waals surface area (Å²) in [5.74, 6) is 0.220. The Labute approximate surface area is 172 Å². The highest BCUT2D eigenvalue weighted by molar-refractivity contribution is 7.89. The maximum absolute atomic E-state index is 12.7. The average Bonchev–Trinajstić information content (AvgIpc) is 2.74. The van der Waals surface area contributed by atoms with Crippen LogP contribution in [0.15, 0.2) is 46.4 Å². The van der Waals surface area contributed by atoms with Gasteiger partial charge in [-0.25, -0.2) is 8.42 Å². The van der Waals surface area contributed by atoms with Gasteiger partial charge in [-0.15, -0.1) is 0 Å². The second kappa shape index (κ2) is 9.07. The molecule has 1 aliphatic rings. The predicted octanol–water partition coefficient (Wildman–Crippen LogP) is 1.78. The molecule has 2 N–H and O–H groups in total. The first-order valence-corrected chi connectivity index (χ1v) is 10.3. The summed E-state index contributed by atoms with van der Waals surface area (Å²) in [6.45, 7) is 0.928. The molecule has 1 saturated heterocycles. The summed E-state index contributed by atoms with van der Waals surface area (Å²) in [5.41, 5.74) is 2.65. The minimum Gasteiger partial charge on any atom is -0.504 e. The number of morpholine rings is 1. The lowest BCUT2D eigenvalue weighted by atomic mass is 10.2. The van der Waals surface area contributed by atoms with Crippen molar-refractivity contribution in [3.63, 3.8) is 0 Å². The number of rotatable bonds is 7. The van der Waals surface area contributed by atoms with Crippen molar-refractivity contribution >= 4 is 27.6 Å². The molecule has 1 aliphatic heterocycles. The highest BCUT2D eigenvalue weighted by Gasteiger charge is 2.28.